The number of H-pyrrole nitrogens is 1. The van der Waals surface area contributed by atoms with Gasteiger partial charge in [-0.2, -0.15) is 0 Å². The lowest BCUT2D eigenvalue weighted by Crippen LogP contribution is -2.41. The molecule has 6 nitrogen and oxygen atoms in total. The summed E-state index contributed by atoms with van der Waals surface area (Å²) in [5, 5.41) is 0.0506. The molecule has 1 fully saturated rings. The van der Waals surface area contributed by atoms with E-state index in [0.29, 0.717) is 25.5 Å². The largest absolute Gasteiger partial charge is 0.380 e. The Morgan fingerprint density at radius 3 is 2.73 bits per heavy atom. The molecule has 0 aliphatic carbocycles. The highest BCUT2D eigenvalue weighted by Crippen LogP contribution is 2.32. The molecule has 1 aliphatic heterocycles. The van der Waals surface area contributed by atoms with E-state index in [0.717, 1.165) is 12.0 Å². The molecular formula is C15H19N3O3S. The van der Waals surface area contributed by atoms with Crippen molar-refractivity contribution in [2.24, 2.45) is 0 Å². The zero-order valence-corrected chi connectivity index (χ0v) is 13.2. The van der Waals surface area contributed by atoms with Crippen LogP contribution in [0, 0.1) is 6.92 Å². The van der Waals surface area contributed by atoms with Gasteiger partial charge in [-0.1, -0.05) is 30.3 Å². The number of hydrogen-bond donors (Lipinski definition) is 2. The predicted octanol–water partition coefficient (Wildman–Crippen LogP) is 1.35. The first-order chi connectivity index (χ1) is 10.5. The number of benzene rings is 1. The van der Waals surface area contributed by atoms with Crippen LogP contribution in [0.5, 0.6) is 0 Å². The molecule has 0 amide bonds. The molecule has 1 unspecified atom stereocenters. The Morgan fingerprint density at radius 2 is 2.14 bits per heavy atom. The van der Waals surface area contributed by atoms with Crippen LogP contribution in [0.3, 0.4) is 0 Å². The fraction of sp³-hybridized carbons (Fsp3) is 0.400. The number of ether oxygens (including phenoxy) is 1. The quantitative estimate of drug-likeness (QED) is 0.871. The number of aromatic nitrogens is 2. The molecule has 2 N–H and O–H groups in total. The van der Waals surface area contributed by atoms with Gasteiger partial charge in [-0.05, 0) is 18.9 Å². The number of imidazole rings is 1. The maximum absolute atomic E-state index is 12.4. The predicted molar refractivity (Wildman–Crippen MR) is 82.1 cm³/mol. The van der Waals surface area contributed by atoms with Crippen LogP contribution >= 0.6 is 0 Å². The Morgan fingerprint density at radius 1 is 1.36 bits per heavy atom. The van der Waals surface area contributed by atoms with Gasteiger partial charge in [0.2, 0.25) is 0 Å². The van der Waals surface area contributed by atoms with Gasteiger partial charge < -0.3 is 9.72 Å². The lowest BCUT2D eigenvalue weighted by Gasteiger charge is -2.28. The van der Waals surface area contributed by atoms with E-state index < -0.39 is 10.0 Å². The van der Waals surface area contributed by atoms with Gasteiger partial charge >= 0.3 is 0 Å². The summed E-state index contributed by atoms with van der Waals surface area (Å²) in [5.41, 5.74) is 1.30. The SMILES string of the molecule is Cc1[nH]cnc1S(=O)(=O)NCC1(c2ccccc2)CCOC1. The molecule has 7 heteroatoms. The van der Waals surface area contributed by atoms with Crippen LogP contribution in [-0.2, 0) is 20.2 Å². The summed E-state index contributed by atoms with van der Waals surface area (Å²) in [6, 6.07) is 9.90. The maximum atomic E-state index is 12.4. The molecule has 2 aromatic rings. The highest BCUT2D eigenvalue weighted by atomic mass is 32.2. The van der Waals surface area contributed by atoms with Gasteiger partial charge in [0.15, 0.2) is 5.03 Å². The lowest BCUT2D eigenvalue weighted by molar-refractivity contribution is 0.177. The number of nitrogens with zero attached hydrogens (tertiary/aromatic N) is 1. The number of hydrogen-bond acceptors (Lipinski definition) is 4. The molecule has 0 radical (unpaired) electrons. The Balaban J connectivity index is 1.83. The van der Waals surface area contributed by atoms with Gasteiger partial charge in [-0.25, -0.2) is 18.1 Å². The van der Waals surface area contributed by atoms with Gasteiger partial charge in [-0.15, -0.1) is 0 Å². The smallest absolute Gasteiger partial charge is 0.259 e. The second-order valence-electron chi connectivity index (χ2n) is 5.61. The monoisotopic (exact) mass is 321 g/mol. The number of aromatic amines is 1. The minimum absolute atomic E-state index is 0.0506. The van der Waals surface area contributed by atoms with Gasteiger partial charge in [0.25, 0.3) is 10.0 Å². The maximum Gasteiger partial charge on any atom is 0.259 e. The molecule has 1 aromatic heterocycles. The molecule has 0 bridgehead atoms. The minimum atomic E-state index is -3.63. The summed E-state index contributed by atoms with van der Waals surface area (Å²) < 4.78 is 33.1. The second kappa shape index (κ2) is 5.83. The summed E-state index contributed by atoms with van der Waals surface area (Å²) in [6.07, 6.45) is 2.18. The van der Waals surface area contributed by atoms with E-state index in [4.69, 9.17) is 4.74 Å². The van der Waals surface area contributed by atoms with E-state index in [1.807, 2.05) is 30.3 Å². The molecule has 2 heterocycles. The average molecular weight is 321 g/mol. The van der Waals surface area contributed by atoms with Crippen molar-refractivity contribution in [2.45, 2.75) is 23.8 Å². The summed E-state index contributed by atoms with van der Waals surface area (Å²) in [6.45, 7) is 3.13. The Labute approximate surface area is 130 Å². The van der Waals surface area contributed by atoms with Gasteiger partial charge in [-0.3, -0.25) is 0 Å². The van der Waals surface area contributed by atoms with Crippen LogP contribution in [0.15, 0.2) is 41.7 Å². The number of aryl methyl sites for hydroxylation is 1. The number of sulfonamides is 1. The molecule has 1 atom stereocenters. The summed E-state index contributed by atoms with van der Waals surface area (Å²) in [7, 11) is -3.63. The lowest BCUT2D eigenvalue weighted by atomic mass is 9.80. The zero-order valence-electron chi connectivity index (χ0n) is 12.4. The highest BCUT2D eigenvalue weighted by molar-refractivity contribution is 7.89. The minimum Gasteiger partial charge on any atom is -0.380 e. The third kappa shape index (κ3) is 2.79. The Bertz CT molecular complexity index is 734. The zero-order chi connectivity index (χ0) is 15.6. The summed E-state index contributed by atoms with van der Waals surface area (Å²) >= 11 is 0. The molecule has 3 rings (SSSR count). The molecule has 0 spiro atoms. The van der Waals surface area contributed by atoms with Crippen LogP contribution in [-0.4, -0.2) is 38.1 Å². The van der Waals surface area contributed by atoms with Crippen molar-refractivity contribution in [1.29, 1.82) is 0 Å². The van der Waals surface area contributed by atoms with Crippen LogP contribution < -0.4 is 4.72 Å². The summed E-state index contributed by atoms with van der Waals surface area (Å²) in [4.78, 5) is 6.68. The van der Waals surface area contributed by atoms with Gasteiger partial charge in [0.05, 0.1) is 18.6 Å². The topological polar surface area (TPSA) is 84.1 Å². The molecule has 1 aromatic carbocycles. The van der Waals surface area contributed by atoms with E-state index >= 15 is 0 Å². The van der Waals surface area contributed by atoms with Crippen molar-refractivity contribution in [3.8, 4) is 0 Å². The Hall–Kier alpha value is -1.70. The van der Waals surface area contributed by atoms with Crippen LogP contribution in [0.1, 0.15) is 17.7 Å². The standard InChI is InChI=1S/C15H19N3O3S/c1-12-14(17-11-16-12)22(19,20)18-9-15(7-8-21-10-15)13-5-3-2-4-6-13/h2-6,11,18H,7-10H2,1H3,(H,16,17). The molecule has 118 valence electrons. The summed E-state index contributed by atoms with van der Waals surface area (Å²) in [5.74, 6) is 0. The normalized spacial score (nSPS) is 22.0. The van der Waals surface area contributed by atoms with E-state index in [2.05, 4.69) is 14.7 Å². The molecule has 1 saturated heterocycles. The fourth-order valence-electron chi connectivity index (χ4n) is 2.79. The second-order valence-corrected chi connectivity index (χ2v) is 7.29. The molecular weight excluding hydrogens is 302 g/mol. The van der Waals surface area contributed by atoms with Gasteiger partial charge in [0.1, 0.15) is 0 Å². The van der Waals surface area contributed by atoms with E-state index in [1.165, 1.54) is 6.33 Å². The van der Waals surface area contributed by atoms with Crippen molar-refractivity contribution in [3.63, 3.8) is 0 Å². The first-order valence-corrected chi connectivity index (χ1v) is 8.65. The van der Waals surface area contributed by atoms with Crippen LogP contribution in [0.2, 0.25) is 0 Å². The molecule has 22 heavy (non-hydrogen) atoms. The van der Waals surface area contributed by atoms with Crippen LogP contribution in [0.25, 0.3) is 0 Å². The third-order valence-corrected chi connectivity index (χ3v) is 5.57. The van der Waals surface area contributed by atoms with Crippen molar-refractivity contribution >= 4 is 10.0 Å². The third-order valence-electron chi connectivity index (χ3n) is 4.13. The van der Waals surface area contributed by atoms with E-state index in [1.54, 1.807) is 6.92 Å². The highest BCUT2D eigenvalue weighted by Gasteiger charge is 2.38. The van der Waals surface area contributed by atoms with Crippen molar-refractivity contribution in [1.82, 2.24) is 14.7 Å². The fourth-order valence-corrected chi connectivity index (χ4v) is 4.04. The average Bonchev–Trinajstić information content (AvgIpc) is 3.16. The Kier molecular flexibility index (Phi) is 4.03. The van der Waals surface area contributed by atoms with Crippen molar-refractivity contribution in [2.75, 3.05) is 19.8 Å². The number of nitrogens with one attached hydrogen (secondary N) is 2. The van der Waals surface area contributed by atoms with Crippen LogP contribution in [0.4, 0.5) is 0 Å². The number of rotatable bonds is 5. The molecule has 1 aliphatic rings. The molecule has 0 saturated carbocycles. The van der Waals surface area contributed by atoms with Crippen molar-refractivity contribution in [3.05, 3.63) is 47.9 Å². The van der Waals surface area contributed by atoms with Crippen molar-refractivity contribution < 1.29 is 13.2 Å². The first-order valence-electron chi connectivity index (χ1n) is 7.16. The van der Waals surface area contributed by atoms with Gasteiger partial charge in [0, 0.05) is 18.6 Å². The van der Waals surface area contributed by atoms with E-state index in [9.17, 15) is 8.42 Å². The van der Waals surface area contributed by atoms with E-state index in [-0.39, 0.29) is 10.4 Å². The first kappa shape index (κ1) is 15.2.